The highest BCUT2D eigenvalue weighted by Crippen LogP contribution is 2.30. The Hall–Kier alpha value is -3.49. The fraction of sp³-hybridized carbons (Fsp3) is 0.278. The van der Waals surface area contributed by atoms with Gasteiger partial charge in [0.2, 0.25) is 11.8 Å². The maximum Gasteiger partial charge on any atom is 0.277 e. The number of pyridine rings is 1. The molecule has 3 aromatic rings. The van der Waals surface area contributed by atoms with Crippen molar-refractivity contribution >= 4 is 23.3 Å². The molecule has 4 heterocycles. The molecule has 2 amide bonds. The molecule has 1 aliphatic rings. The Bertz CT molecular complexity index is 994. The first kappa shape index (κ1) is 17.0. The van der Waals surface area contributed by atoms with Crippen LogP contribution in [0.2, 0.25) is 0 Å². The molecule has 1 fully saturated rings. The van der Waals surface area contributed by atoms with Crippen LogP contribution in [0.3, 0.4) is 0 Å². The van der Waals surface area contributed by atoms with Crippen LogP contribution in [0.1, 0.15) is 23.8 Å². The van der Waals surface area contributed by atoms with Crippen molar-refractivity contribution < 1.29 is 14.0 Å². The van der Waals surface area contributed by atoms with Gasteiger partial charge in [0.1, 0.15) is 12.0 Å². The Kier molecular flexibility index (Phi) is 4.19. The maximum atomic E-state index is 12.6. The summed E-state index contributed by atoms with van der Waals surface area (Å²) in [6, 6.07) is 3.33. The summed E-state index contributed by atoms with van der Waals surface area (Å²) in [6.07, 6.45) is 7.95. The van der Waals surface area contributed by atoms with Crippen LogP contribution in [-0.4, -0.2) is 38.1 Å². The molecule has 27 heavy (non-hydrogen) atoms. The van der Waals surface area contributed by atoms with Crippen LogP contribution in [0.4, 0.5) is 11.5 Å². The Balaban J connectivity index is 1.56. The molecule has 1 unspecified atom stereocenters. The third-order valence-corrected chi connectivity index (χ3v) is 4.39. The van der Waals surface area contributed by atoms with E-state index in [-0.39, 0.29) is 17.5 Å². The molecule has 4 rings (SSSR count). The molecule has 1 saturated heterocycles. The summed E-state index contributed by atoms with van der Waals surface area (Å²) in [5.74, 6) is 0.242. The number of hydrogen-bond acceptors (Lipinski definition) is 6. The van der Waals surface area contributed by atoms with Gasteiger partial charge in [-0.25, -0.2) is 4.98 Å². The number of aromatic nitrogens is 4. The second-order valence-corrected chi connectivity index (χ2v) is 6.39. The molecule has 9 heteroatoms. The van der Waals surface area contributed by atoms with Gasteiger partial charge in [-0.2, -0.15) is 5.10 Å². The Labute approximate surface area is 155 Å². The van der Waals surface area contributed by atoms with Gasteiger partial charge in [-0.15, -0.1) is 0 Å². The molecule has 0 saturated carbocycles. The number of hydrogen-bond donors (Lipinski definition) is 1. The third kappa shape index (κ3) is 3.19. The summed E-state index contributed by atoms with van der Waals surface area (Å²) in [5.41, 5.74) is 1.24. The van der Waals surface area contributed by atoms with Gasteiger partial charge in [0, 0.05) is 31.3 Å². The molecule has 1 aliphatic heterocycles. The van der Waals surface area contributed by atoms with E-state index >= 15 is 0 Å². The summed E-state index contributed by atoms with van der Waals surface area (Å²) in [5, 5.41) is 7.10. The quantitative estimate of drug-likeness (QED) is 0.757. The minimum absolute atomic E-state index is 0.00172. The SMILES string of the molecule is CC1CCN(c2nn(C)cc2NC(=O)c2coc(-c3c[c]ncc3)n2)C1=O. The van der Waals surface area contributed by atoms with Gasteiger partial charge >= 0.3 is 0 Å². The first-order valence-electron chi connectivity index (χ1n) is 8.47. The number of nitrogens with one attached hydrogen (secondary N) is 1. The molecule has 137 valence electrons. The number of carbonyl (C=O) groups excluding carboxylic acids is 2. The van der Waals surface area contributed by atoms with E-state index in [9.17, 15) is 9.59 Å². The van der Waals surface area contributed by atoms with Crippen LogP contribution in [0, 0.1) is 12.1 Å². The molecule has 1 N–H and O–H groups in total. The highest BCUT2D eigenvalue weighted by atomic mass is 16.3. The number of carbonyl (C=O) groups is 2. The molecule has 3 aromatic heterocycles. The zero-order valence-corrected chi connectivity index (χ0v) is 14.8. The second-order valence-electron chi connectivity index (χ2n) is 6.39. The lowest BCUT2D eigenvalue weighted by molar-refractivity contribution is -0.119. The number of amides is 2. The van der Waals surface area contributed by atoms with Crippen molar-refractivity contribution in [1.29, 1.82) is 0 Å². The highest BCUT2D eigenvalue weighted by Gasteiger charge is 2.32. The van der Waals surface area contributed by atoms with Gasteiger partial charge < -0.3 is 9.73 Å². The first-order valence-corrected chi connectivity index (χ1v) is 8.47. The minimum atomic E-state index is -0.447. The smallest absolute Gasteiger partial charge is 0.277 e. The monoisotopic (exact) mass is 365 g/mol. The van der Waals surface area contributed by atoms with E-state index in [1.54, 1.807) is 41.2 Å². The summed E-state index contributed by atoms with van der Waals surface area (Å²) < 4.78 is 6.93. The van der Waals surface area contributed by atoms with Gasteiger partial charge in [-0.3, -0.25) is 24.2 Å². The number of oxazole rings is 1. The van der Waals surface area contributed by atoms with Crippen molar-refractivity contribution in [3.8, 4) is 11.5 Å². The molecule has 0 aromatic carbocycles. The maximum absolute atomic E-state index is 12.6. The van der Waals surface area contributed by atoms with Crippen LogP contribution in [0.15, 0.2) is 35.2 Å². The lowest BCUT2D eigenvalue weighted by atomic mass is 10.1. The van der Waals surface area contributed by atoms with Gasteiger partial charge in [-0.05, 0) is 18.6 Å². The molecule has 1 radical (unpaired) electrons. The largest absolute Gasteiger partial charge is 0.444 e. The molecule has 1 atom stereocenters. The molecule has 0 bridgehead atoms. The van der Waals surface area contributed by atoms with Crippen molar-refractivity contribution in [2.45, 2.75) is 13.3 Å². The molecule has 9 nitrogen and oxygen atoms in total. The summed E-state index contributed by atoms with van der Waals surface area (Å²) >= 11 is 0. The van der Waals surface area contributed by atoms with E-state index in [2.05, 4.69) is 26.6 Å². The fourth-order valence-corrected chi connectivity index (χ4v) is 2.94. The van der Waals surface area contributed by atoms with Crippen molar-refractivity contribution in [2.24, 2.45) is 13.0 Å². The van der Waals surface area contributed by atoms with E-state index in [0.29, 0.717) is 29.5 Å². The second kappa shape index (κ2) is 6.67. The minimum Gasteiger partial charge on any atom is -0.444 e. The fourth-order valence-electron chi connectivity index (χ4n) is 2.94. The van der Waals surface area contributed by atoms with E-state index in [1.165, 1.54) is 6.26 Å². The average Bonchev–Trinajstić information content (AvgIpc) is 3.37. The lowest BCUT2D eigenvalue weighted by Gasteiger charge is -2.15. The van der Waals surface area contributed by atoms with E-state index in [4.69, 9.17) is 4.42 Å². The number of aryl methyl sites for hydroxylation is 1. The number of rotatable bonds is 4. The highest BCUT2D eigenvalue weighted by molar-refractivity contribution is 6.06. The topological polar surface area (TPSA) is 106 Å². The predicted octanol–water partition coefficient (Wildman–Crippen LogP) is 1.90. The van der Waals surface area contributed by atoms with Crippen molar-refractivity contribution in [2.75, 3.05) is 16.8 Å². The van der Waals surface area contributed by atoms with Gasteiger partial charge in [0.25, 0.3) is 5.91 Å². The predicted molar refractivity (Wildman–Crippen MR) is 95.9 cm³/mol. The van der Waals surface area contributed by atoms with Crippen molar-refractivity contribution in [3.63, 3.8) is 0 Å². The van der Waals surface area contributed by atoms with E-state index in [0.717, 1.165) is 6.42 Å². The van der Waals surface area contributed by atoms with Crippen molar-refractivity contribution in [1.82, 2.24) is 19.7 Å². The van der Waals surface area contributed by atoms with Crippen LogP contribution in [0.25, 0.3) is 11.5 Å². The first-order chi connectivity index (χ1) is 13.0. The zero-order valence-electron chi connectivity index (χ0n) is 14.8. The van der Waals surface area contributed by atoms with E-state index < -0.39 is 5.91 Å². The molecule has 0 aliphatic carbocycles. The Morgan fingerprint density at radius 3 is 3.00 bits per heavy atom. The zero-order chi connectivity index (χ0) is 19.0. The van der Waals surface area contributed by atoms with Crippen LogP contribution < -0.4 is 10.2 Å². The molecule has 0 spiro atoms. The van der Waals surface area contributed by atoms with Gasteiger partial charge in [0.15, 0.2) is 11.5 Å². The molecular weight excluding hydrogens is 348 g/mol. The van der Waals surface area contributed by atoms with Crippen LogP contribution in [-0.2, 0) is 11.8 Å². The Morgan fingerprint density at radius 1 is 1.44 bits per heavy atom. The van der Waals surface area contributed by atoms with E-state index in [1.807, 2.05) is 6.92 Å². The van der Waals surface area contributed by atoms with Crippen molar-refractivity contribution in [3.05, 3.63) is 42.7 Å². The van der Waals surface area contributed by atoms with Crippen LogP contribution >= 0.6 is 0 Å². The average molecular weight is 365 g/mol. The summed E-state index contributed by atoms with van der Waals surface area (Å²) in [6.45, 7) is 2.46. The van der Waals surface area contributed by atoms with Gasteiger partial charge in [0.05, 0.1) is 12.4 Å². The molecular formula is C18H17N6O3. The Morgan fingerprint density at radius 2 is 2.30 bits per heavy atom. The standard InChI is InChI=1S/C18H17N6O3/c1-11-5-8-24(18(11)26)15-13(9-23(2)22-15)20-16(25)14-10-27-17(21-14)12-3-6-19-7-4-12/h3-4,6,9-11H,5,8H2,1-2H3,(H,20,25). The third-order valence-electron chi connectivity index (χ3n) is 4.39. The number of anilines is 2. The summed E-state index contributed by atoms with van der Waals surface area (Å²) in [7, 11) is 1.73. The van der Waals surface area contributed by atoms with Gasteiger partial charge in [-0.1, -0.05) is 6.92 Å². The van der Waals surface area contributed by atoms with Crippen LogP contribution in [0.5, 0.6) is 0 Å². The summed E-state index contributed by atoms with van der Waals surface area (Å²) in [4.78, 5) is 34.5. The number of nitrogens with zero attached hydrogens (tertiary/aromatic N) is 5. The normalized spacial score (nSPS) is 16.7. The lowest BCUT2D eigenvalue weighted by Crippen LogP contribution is -2.28.